The van der Waals surface area contributed by atoms with Crippen LogP contribution in [0.3, 0.4) is 0 Å². The third-order valence-electron chi connectivity index (χ3n) is 4.53. The molecule has 18 heavy (non-hydrogen) atoms. The Morgan fingerprint density at radius 2 is 2.00 bits per heavy atom. The van der Waals surface area contributed by atoms with Gasteiger partial charge in [0.05, 0.1) is 0 Å². The first-order chi connectivity index (χ1) is 8.74. The Labute approximate surface area is 108 Å². The molecule has 2 N–H and O–H groups in total. The molecule has 0 unspecified atom stereocenters. The maximum absolute atomic E-state index is 13.8. The molecule has 2 nitrogen and oxygen atoms in total. The lowest BCUT2D eigenvalue weighted by Crippen LogP contribution is -2.50. The summed E-state index contributed by atoms with van der Waals surface area (Å²) in [4.78, 5) is 2.52. The number of nitrogens with zero attached hydrogens (tertiary/aromatic N) is 1. The first kappa shape index (κ1) is 12.1. The van der Waals surface area contributed by atoms with E-state index in [0.717, 1.165) is 44.3 Å². The van der Waals surface area contributed by atoms with Crippen molar-refractivity contribution in [3.05, 3.63) is 35.6 Å². The van der Waals surface area contributed by atoms with Gasteiger partial charge in [-0.3, -0.25) is 4.90 Å². The molecule has 2 heterocycles. The van der Waals surface area contributed by atoms with E-state index in [1.165, 1.54) is 0 Å². The van der Waals surface area contributed by atoms with Gasteiger partial charge in [-0.1, -0.05) is 18.2 Å². The summed E-state index contributed by atoms with van der Waals surface area (Å²) in [5.41, 5.74) is 6.92. The minimum atomic E-state index is -0.0466. The van der Waals surface area contributed by atoms with Crippen LogP contribution in [0, 0.1) is 5.82 Å². The average molecular weight is 248 g/mol. The highest BCUT2D eigenvalue weighted by molar-refractivity contribution is 5.23. The van der Waals surface area contributed by atoms with Gasteiger partial charge >= 0.3 is 0 Å². The molecule has 0 saturated carbocycles. The topological polar surface area (TPSA) is 29.3 Å². The lowest BCUT2D eigenvalue weighted by atomic mass is 9.83. The second-order valence-electron chi connectivity index (χ2n) is 5.73. The van der Waals surface area contributed by atoms with Crippen LogP contribution in [0.1, 0.15) is 37.2 Å². The van der Waals surface area contributed by atoms with Crippen LogP contribution in [0.25, 0.3) is 0 Å². The Balaban J connectivity index is 1.73. The molecule has 0 aliphatic carbocycles. The quantitative estimate of drug-likeness (QED) is 0.827. The van der Waals surface area contributed by atoms with E-state index in [4.69, 9.17) is 5.73 Å². The molecule has 2 saturated heterocycles. The number of hydrogen-bond acceptors (Lipinski definition) is 2. The molecule has 3 rings (SSSR count). The molecular formula is C15H21FN2. The Morgan fingerprint density at radius 1 is 1.17 bits per heavy atom. The van der Waals surface area contributed by atoms with Crippen molar-refractivity contribution in [2.75, 3.05) is 13.1 Å². The van der Waals surface area contributed by atoms with E-state index in [1.807, 2.05) is 12.1 Å². The Kier molecular flexibility index (Phi) is 3.35. The summed E-state index contributed by atoms with van der Waals surface area (Å²) in [5, 5.41) is 0. The van der Waals surface area contributed by atoms with Crippen molar-refractivity contribution in [2.45, 2.75) is 43.7 Å². The standard InChI is InChI=1S/C15H21FN2/c16-15-4-2-1-3-14(15)11-5-6-13-9-12(17)7-8-18(13)10-11/h1-4,11-13H,5-10,17H2/t11-,12+,13+/m0/s1. The first-order valence-electron chi connectivity index (χ1n) is 6.98. The molecule has 1 aromatic carbocycles. The van der Waals surface area contributed by atoms with Crippen LogP contribution in [-0.4, -0.2) is 30.1 Å². The van der Waals surface area contributed by atoms with Crippen LogP contribution in [0.5, 0.6) is 0 Å². The van der Waals surface area contributed by atoms with Gasteiger partial charge in [-0.25, -0.2) is 4.39 Å². The molecule has 0 spiro atoms. The summed E-state index contributed by atoms with van der Waals surface area (Å²) in [6.45, 7) is 2.08. The number of fused-ring (bicyclic) bond motifs is 1. The molecule has 2 fully saturated rings. The lowest BCUT2D eigenvalue weighted by Gasteiger charge is -2.44. The minimum Gasteiger partial charge on any atom is -0.328 e. The highest BCUT2D eigenvalue weighted by Gasteiger charge is 2.33. The van der Waals surface area contributed by atoms with Gasteiger partial charge in [-0.05, 0) is 49.8 Å². The van der Waals surface area contributed by atoms with Gasteiger partial charge in [-0.2, -0.15) is 0 Å². The minimum absolute atomic E-state index is 0.0466. The summed E-state index contributed by atoms with van der Waals surface area (Å²) < 4.78 is 13.8. The predicted molar refractivity (Wildman–Crippen MR) is 70.9 cm³/mol. The zero-order valence-electron chi connectivity index (χ0n) is 10.7. The van der Waals surface area contributed by atoms with Gasteiger partial charge in [0, 0.05) is 18.6 Å². The Morgan fingerprint density at radius 3 is 2.83 bits per heavy atom. The van der Waals surface area contributed by atoms with E-state index in [2.05, 4.69) is 4.90 Å². The van der Waals surface area contributed by atoms with Crippen molar-refractivity contribution in [3.63, 3.8) is 0 Å². The molecule has 2 aliphatic heterocycles. The second-order valence-corrected chi connectivity index (χ2v) is 5.73. The van der Waals surface area contributed by atoms with Crippen molar-refractivity contribution < 1.29 is 4.39 Å². The fourth-order valence-corrected chi connectivity index (χ4v) is 3.50. The van der Waals surface area contributed by atoms with E-state index in [0.29, 0.717) is 18.0 Å². The highest BCUT2D eigenvalue weighted by atomic mass is 19.1. The van der Waals surface area contributed by atoms with Gasteiger partial charge in [0.25, 0.3) is 0 Å². The third-order valence-corrected chi connectivity index (χ3v) is 4.53. The molecule has 3 heteroatoms. The summed E-state index contributed by atoms with van der Waals surface area (Å²) in [7, 11) is 0. The van der Waals surface area contributed by atoms with Crippen molar-refractivity contribution in [1.82, 2.24) is 4.90 Å². The van der Waals surface area contributed by atoms with E-state index >= 15 is 0 Å². The fraction of sp³-hybridized carbons (Fsp3) is 0.600. The molecule has 0 radical (unpaired) electrons. The van der Waals surface area contributed by atoms with Crippen LogP contribution in [0.4, 0.5) is 4.39 Å². The second kappa shape index (κ2) is 4.98. The van der Waals surface area contributed by atoms with Gasteiger partial charge in [0.15, 0.2) is 0 Å². The number of rotatable bonds is 1. The predicted octanol–water partition coefficient (Wildman–Crippen LogP) is 2.49. The molecule has 0 aromatic heterocycles. The molecule has 0 amide bonds. The number of benzene rings is 1. The summed E-state index contributed by atoms with van der Waals surface area (Å²) in [6, 6.07) is 8.23. The Bertz CT molecular complexity index is 421. The average Bonchev–Trinajstić information content (AvgIpc) is 2.39. The molecule has 3 atom stereocenters. The lowest BCUT2D eigenvalue weighted by molar-refractivity contribution is 0.0860. The SMILES string of the molecule is N[C@@H]1CCN2C[C@@H](c3ccccc3F)CC[C@@H]2C1. The van der Waals surface area contributed by atoms with E-state index in [-0.39, 0.29) is 5.82 Å². The van der Waals surface area contributed by atoms with Gasteiger partial charge in [-0.15, -0.1) is 0 Å². The van der Waals surface area contributed by atoms with E-state index < -0.39 is 0 Å². The number of halogens is 1. The first-order valence-corrected chi connectivity index (χ1v) is 6.98. The van der Waals surface area contributed by atoms with Crippen molar-refractivity contribution in [2.24, 2.45) is 5.73 Å². The van der Waals surface area contributed by atoms with Gasteiger partial charge in [0.1, 0.15) is 5.82 Å². The normalized spacial score (nSPS) is 33.1. The number of piperidine rings is 2. The molecule has 1 aromatic rings. The summed E-state index contributed by atoms with van der Waals surface area (Å²) in [6.07, 6.45) is 4.45. The van der Waals surface area contributed by atoms with Gasteiger partial charge in [0.2, 0.25) is 0 Å². The van der Waals surface area contributed by atoms with Crippen molar-refractivity contribution in [1.29, 1.82) is 0 Å². The van der Waals surface area contributed by atoms with Crippen LogP contribution in [-0.2, 0) is 0 Å². The van der Waals surface area contributed by atoms with Crippen LogP contribution in [0.2, 0.25) is 0 Å². The molecule has 98 valence electrons. The van der Waals surface area contributed by atoms with E-state index in [1.54, 1.807) is 12.1 Å². The monoisotopic (exact) mass is 248 g/mol. The highest BCUT2D eigenvalue weighted by Crippen LogP contribution is 2.34. The maximum Gasteiger partial charge on any atom is 0.126 e. The van der Waals surface area contributed by atoms with E-state index in [9.17, 15) is 4.39 Å². The molecule has 0 bridgehead atoms. The summed E-state index contributed by atoms with van der Waals surface area (Å²) >= 11 is 0. The summed E-state index contributed by atoms with van der Waals surface area (Å²) in [5.74, 6) is 0.312. The smallest absolute Gasteiger partial charge is 0.126 e. The van der Waals surface area contributed by atoms with Crippen molar-refractivity contribution in [3.8, 4) is 0 Å². The van der Waals surface area contributed by atoms with Crippen LogP contribution < -0.4 is 5.73 Å². The molecular weight excluding hydrogens is 227 g/mol. The zero-order valence-corrected chi connectivity index (χ0v) is 10.7. The third kappa shape index (κ3) is 2.29. The maximum atomic E-state index is 13.8. The van der Waals surface area contributed by atoms with Crippen molar-refractivity contribution >= 4 is 0 Å². The number of hydrogen-bond donors (Lipinski definition) is 1. The van der Waals surface area contributed by atoms with Gasteiger partial charge < -0.3 is 5.73 Å². The van der Waals surface area contributed by atoms with Crippen LogP contribution >= 0.6 is 0 Å². The molecule has 2 aliphatic rings. The Hall–Kier alpha value is -0.930. The van der Waals surface area contributed by atoms with Crippen LogP contribution in [0.15, 0.2) is 24.3 Å². The number of nitrogens with two attached hydrogens (primary N) is 1. The fourth-order valence-electron chi connectivity index (χ4n) is 3.50. The zero-order chi connectivity index (χ0) is 12.5. The largest absolute Gasteiger partial charge is 0.328 e.